The lowest BCUT2D eigenvalue weighted by atomic mass is 10.1. The highest BCUT2D eigenvalue weighted by Gasteiger charge is 2.07. The highest BCUT2D eigenvalue weighted by atomic mass is 32.2. The lowest BCUT2D eigenvalue weighted by Gasteiger charge is -2.01. The van der Waals surface area contributed by atoms with Gasteiger partial charge in [0.2, 0.25) is 0 Å². The van der Waals surface area contributed by atoms with Gasteiger partial charge in [-0.15, -0.1) is 23.1 Å². The third-order valence-electron chi connectivity index (χ3n) is 3.86. The van der Waals surface area contributed by atoms with Gasteiger partial charge in [0.15, 0.2) is 0 Å². The summed E-state index contributed by atoms with van der Waals surface area (Å²) in [4.78, 5) is 5.93. The van der Waals surface area contributed by atoms with Crippen LogP contribution in [-0.2, 0) is 0 Å². The fourth-order valence-corrected chi connectivity index (χ4v) is 4.47. The molecular weight excluding hydrogens is 318 g/mol. The van der Waals surface area contributed by atoms with Crippen molar-refractivity contribution in [2.75, 3.05) is 6.26 Å². The van der Waals surface area contributed by atoms with Gasteiger partial charge >= 0.3 is 0 Å². The highest BCUT2D eigenvalue weighted by molar-refractivity contribution is 7.98. The Morgan fingerprint density at radius 1 is 0.870 bits per heavy atom. The summed E-state index contributed by atoms with van der Waals surface area (Å²) >= 11 is 3.56. The molecule has 1 nitrogen and oxygen atoms in total. The van der Waals surface area contributed by atoms with Gasteiger partial charge in [-0.1, -0.05) is 48.5 Å². The molecule has 0 aliphatic carbocycles. The maximum absolute atomic E-state index is 4.73. The summed E-state index contributed by atoms with van der Waals surface area (Å²) in [6.07, 6.45) is 4.08. The van der Waals surface area contributed by atoms with E-state index in [-0.39, 0.29) is 0 Å². The predicted molar refractivity (Wildman–Crippen MR) is 105 cm³/mol. The molecule has 0 aliphatic rings. The second-order valence-electron chi connectivity index (χ2n) is 5.25. The first-order valence-corrected chi connectivity index (χ1v) is 9.48. The number of para-hydroxylation sites is 1. The van der Waals surface area contributed by atoms with Gasteiger partial charge in [-0.05, 0) is 24.5 Å². The van der Waals surface area contributed by atoms with E-state index in [4.69, 9.17) is 4.99 Å². The van der Waals surface area contributed by atoms with Crippen LogP contribution in [0.15, 0.2) is 76.6 Å². The average molecular weight is 333 g/mol. The van der Waals surface area contributed by atoms with E-state index in [1.807, 2.05) is 23.6 Å². The summed E-state index contributed by atoms with van der Waals surface area (Å²) in [5.74, 6) is 0. The van der Waals surface area contributed by atoms with Crippen molar-refractivity contribution in [3.63, 3.8) is 0 Å². The van der Waals surface area contributed by atoms with Crippen molar-refractivity contribution >= 4 is 55.2 Å². The van der Waals surface area contributed by atoms with Crippen LogP contribution in [0.2, 0.25) is 0 Å². The highest BCUT2D eigenvalue weighted by Crippen LogP contribution is 2.35. The number of nitrogens with zero attached hydrogens (tertiary/aromatic N) is 1. The maximum Gasteiger partial charge on any atom is 0.0765 e. The summed E-state index contributed by atoms with van der Waals surface area (Å²) in [6, 6.07) is 23.3. The average Bonchev–Trinajstić information content (AvgIpc) is 2.99. The fraction of sp³-hybridized carbons (Fsp3) is 0.0500. The Morgan fingerprint density at radius 3 is 2.57 bits per heavy atom. The molecule has 0 bridgehead atoms. The van der Waals surface area contributed by atoms with E-state index >= 15 is 0 Å². The molecule has 3 heteroatoms. The smallest absolute Gasteiger partial charge is 0.0765 e. The van der Waals surface area contributed by atoms with Crippen LogP contribution in [-0.4, -0.2) is 12.5 Å². The Balaban J connectivity index is 1.84. The van der Waals surface area contributed by atoms with Gasteiger partial charge in [0.1, 0.15) is 0 Å². The second kappa shape index (κ2) is 6.19. The van der Waals surface area contributed by atoms with Gasteiger partial charge in [0.05, 0.1) is 5.69 Å². The molecule has 0 fully saturated rings. The minimum absolute atomic E-state index is 1.03. The number of rotatable bonds is 3. The fourth-order valence-electron chi connectivity index (χ4n) is 2.75. The van der Waals surface area contributed by atoms with Crippen molar-refractivity contribution < 1.29 is 0 Å². The van der Waals surface area contributed by atoms with Crippen LogP contribution < -0.4 is 0 Å². The predicted octanol–water partition coefficient (Wildman–Crippen LogP) is 6.53. The number of thiophene rings is 1. The van der Waals surface area contributed by atoms with Crippen LogP contribution in [0.5, 0.6) is 0 Å². The van der Waals surface area contributed by atoms with Crippen molar-refractivity contribution in [3.8, 4) is 0 Å². The molecule has 1 aromatic heterocycles. The first-order chi connectivity index (χ1) is 11.4. The molecule has 0 saturated heterocycles. The zero-order valence-corrected chi connectivity index (χ0v) is 14.3. The SMILES string of the molecule is CSc1ccccc1N=Cc1cccc2c1sc1ccccc12. The van der Waals surface area contributed by atoms with Gasteiger partial charge in [-0.25, -0.2) is 0 Å². The molecule has 4 rings (SSSR count). The third kappa shape index (κ3) is 2.67. The van der Waals surface area contributed by atoms with E-state index in [2.05, 4.69) is 66.9 Å². The molecule has 0 radical (unpaired) electrons. The quantitative estimate of drug-likeness (QED) is 0.307. The molecule has 3 aromatic carbocycles. The van der Waals surface area contributed by atoms with Crippen molar-refractivity contribution in [2.45, 2.75) is 4.90 Å². The Kier molecular flexibility index (Phi) is 3.90. The summed E-state index contributed by atoms with van der Waals surface area (Å²) < 4.78 is 2.63. The molecule has 4 aromatic rings. The molecule has 0 spiro atoms. The molecule has 0 saturated carbocycles. The van der Waals surface area contributed by atoms with Gasteiger partial charge in [0.25, 0.3) is 0 Å². The number of thioether (sulfide) groups is 1. The lowest BCUT2D eigenvalue weighted by Crippen LogP contribution is -1.81. The molecule has 0 atom stereocenters. The largest absolute Gasteiger partial charge is 0.255 e. The topological polar surface area (TPSA) is 12.4 Å². The van der Waals surface area contributed by atoms with E-state index in [9.17, 15) is 0 Å². The van der Waals surface area contributed by atoms with E-state index in [1.165, 1.54) is 30.6 Å². The molecule has 0 unspecified atom stereocenters. The van der Waals surface area contributed by atoms with E-state index in [0.717, 1.165) is 5.69 Å². The molecule has 0 aliphatic heterocycles. The van der Waals surface area contributed by atoms with Crippen LogP contribution >= 0.6 is 23.1 Å². The van der Waals surface area contributed by atoms with Gasteiger partial charge in [0, 0.05) is 36.8 Å². The Labute approximate surface area is 143 Å². The molecule has 112 valence electrons. The van der Waals surface area contributed by atoms with Crippen molar-refractivity contribution in [1.82, 2.24) is 0 Å². The standard InChI is InChI=1S/C20H15NS2/c1-22-19-12-5-3-10-17(19)21-13-14-7-6-9-16-15-8-2-4-11-18(15)23-20(14)16/h2-13H,1H3. The lowest BCUT2D eigenvalue weighted by molar-refractivity contribution is 1.38. The first kappa shape index (κ1) is 14.5. The summed E-state index contributed by atoms with van der Waals surface area (Å²) in [6.45, 7) is 0. The summed E-state index contributed by atoms with van der Waals surface area (Å²) in [5, 5.41) is 2.64. The molecule has 1 heterocycles. The van der Waals surface area contributed by atoms with Crippen LogP contribution in [0.3, 0.4) is 0 Å². The molecule has 0 N–H and O–H groups in total. The Morgan fingerprint density at radius 2 is 1.65 bits per heavy atom. The molecular formula is C20H15NS2. The number of benzene rings is 3. The van der Waals surface area contributed by atoms with Crippen molar-refractivity contribution in [2.24, 2.45) is 4.99 Å². The third-order valence-corrected chi connectivity index (χ3v) is 5.88. The number of hydrogen-bond acceptors (Lipinski definition) is 3. The van der Waals surface area contributed by atoms with Gasteiger partial charge in [-0.3, -0.25) is 4.99 Å². The molecule has 0 amide bonds. The normalized spacial score (nSPS) is 11.7. The van der Waals surface area contributed by atoms with Crippen molar-refractivity contribution in [3.05, 3.63) is 72.3 Å². The Hall–Kier alpha value is -2.10. The minimum atomic E-state index is 1.03. The van der Waals surface area contributed by atoms with Crippen LogP contribution in [0.4, 0.5) is 5.69 Å². The van der Waals surface area contributed by atoms with Gasteiger partial charge < -0.3 is 0 Å². The number of hydrogen-bond donors (Lipinski definition) is 0. The Bertz CT molecular complexity index is 1010. The zero-order valence-electron chi connectivity index (χ0n) is 12.7. The zero-order chi connectivity index (χ0) is 15.6. The van der Waals surface area contributed by atoms with Crippen molar-refractivity contribution in [1.29, 1.82) is 0 Å². The van der Waals surface area contributed by atoms with Gasteiger partial charge in [-0.2, -0.15) is 0 Å². The second-order valence-corrected chi connectivity index (χ2v) is 7.15. The van der Waals surface area contributed by atoms with E-state index in [0.29, 0.717) is 0 Å². The minimum Gasteiger partial charge on any atom is -0.255 e. The van der Waals surface area contributed by atoms with E-state index < -0.39 is 0 Å². The number of aliphatic imine (C=N–C) groups is 1. The maximum atomic E-state index is 4.73. The summed E-state index contributed by atoms with van der Waals surface area (Å²) in [7, 11) is 0. The van der Waals surface area contributed by atoms with E-state index in [1.54, 1.807) is 11.8 Å². The van der Waals surface area contributed by atoms with Crippen LogP contribution in [0.25, 0.3) is 20.2 Å². The van der Waals surface area contributed by atoms with Crippen LogP contribution in [0, 0.1) is 0 Å². The van der Waals surface area contributed by atoms with Crippen LogP contribution in [0.1, 0.15) is 5.56 Å². The number of fused-ring (bicyclic) bond motifs is 3. The monoisotopic (exact) mass is 333 g/mol. The first-order valence-electron chi connectivity index (χ1n) is 7.44. The molecule has 23 heavy (non-hydrogen) atoms. The summed E-state index contributed by atoms with van der Waals surface area (Å²) in [5.41, 5.74) is 2.21.